The molecule has 0 unspecified atom stereocenters. The number of nitrogens with two attached hydrogens (primary N) is 1. The van der Waals surface area contributed by atoms with Crippen LogP contribution >= 0.6 is 0 Å². The van der Waals surface area contributed by atoms with Gasteiger partial charge in [0.2, 0.25) is 10.0 Å². The second kappa shape index (κ2) is 5.63. The highest BCUT2D eigenvalue weighted by atomic mass is 32.2. The summed E-state index contributed by atoms with van der Waals surface area (Å²) in [7, 11) is -2.23. The quantitative estimate of drug-likeness (QED) is 0.572. The number of nitrogen functional groups attached to an aromatic ring is 1. The number of nitriles is 1. The predicted octanol–water partition coefficient (Wildman–Crippen LogP) is 0.0652. The Morgan fingerprint density at radius 1 is 1.53 bits per heavy atom. The van der Waals surface area contributed by atoms with E-state index in [0.717, 1.165) is 0 Å². The first-order valence-corrected chi connectivity index (χ1v) is 6.28. The Labute approximate surface area is 100 Å². The van der Waals surface area contributed by atoms with E-state index in [4.69, 9.17) is 15.7 Å². The maximum atomic E-state index is 11.8. The van der Waals surface area contributed by atoms with Crippen LogP contribution in [0.4, 0.5) is 5.69 Å². The molecule has 0 aromatic heterocycles. The number of anilines is 1. The molecule has 3 N–H and O–H groups in total. The van der Waals surface area contributed by atoms with Crippen molar-refractivity contribution in [3.05, 3.63) is 23.8 Å². The molecule has 17 heavy (non-hydrogen) atoms. The van der Waals surface area contributed by atoms with Gasteiger partial charge < -0.3 is 10.5 Å². The minimum atomic E-state index is -3.70. The predicted molar refractivity (Wildman–Crippen MR) is 62.6 cm³/mol. The highest BCUT2D eigenvalue weighted by Gasteiger charge is 2.17. The van der Waals surface area contributed by atoms with Gasteiger partial charge in [-0.15, -0.1) is 0 Å². The number of rotatable bonds is 5. The van der Waals surface area contributed by atoms with E-state index in [-0.39, 0.29) is 23.6 Å². The molecule has 0 aliphatic rings. The Balaban J connectivity index is 3.03. The van der Waals surface area contributed by atoms with Crippen LogP contribution in [-0.2, 0) is 14.8 Å². The van der Waals surface area contributed by atoms with Crippen molar-refractivity contribution >= 4 is 15.7 Å². The molecule has 0 saturated carbocycles. The summed E-state index contributed by atoms with van der Waals surface area (Å²) in [5.41, 5.74) is 5.85. The molecule has 1 aromatic carbocycles. The van der Waals surface area contributed by atoms with E-state index in [2.05, 4.69) is 4.72 Å². The lowest BCUT2D eigenvalue weighted by Gasteiger charge is -2.08. The van der Waals surface area contributed by atoms with Crippen LogP contribution in [0, 0.1) is 11.3 Å². The van der Waals surface area contributed by atoms with Crippen molar-refractivity contribution in [3.8, 4) is 6.07 Å². The van der Waals surface area contributed by atoms with Crippen molar-refractivity contribution in [1.29, 1.82) is 5.26 Å². The molecule has 0 spiro atoms. The van der Waals surface area contributed by atoms with Crippen LogP contribution < -0.4 is 10.5 Å². The van der Waals surface area contributed by atoms with E-state index >= 15 is 0 Å². The molecule has 1 rings (SSSR count). The maximum absolute atomic E-state index is 11.8. The summed E-state index contributed by atoms with van der Waals surface area (Å²) in [4.78, 5) is -0.0784. The van der Waals surface area contributed by atoms with Gasteiger partial charge >= 0.3 is 0 Å². The summed E-state index contributed by atoms with van der Waals surface area (Å²) in [6.07, 6.45) is 0. The van der Waals surface area contributed by atoms with E-state index in [1.807, 2.05) is 0 Å². The summed E-state index contributed by atoms with van der Waals surface area (Å²) in [6.45, 7) is 0.407. The SMILES string of the molecule is COCCNS(=O)(=O)c1ccc(N)cc1C#N. The summed E-state index contributed by atoms with van der Waals surface area (Å²) >= 11 is 0. The number of hydrogen-bond acceptors (Lipinski definition) is 5. The normalized spacial score (nSPS) is 11.1. The van der Waals surface area contributed by atoms with Gasteiger partial charge in [0.05, 0.1) is 17.1 Å². The summed E-state index contributed by atoms with van der Waals surface area (Å²) in [6, 6.07) is 5.87. The smallest absolute Gasteiger partial charge is 0.241 e. The molecule has 1 aromatic rings. The molecule has 0 amide bonds. The molecule has 0 heterocycles. The van der Waals surface area contributed by atoms with Crippen LogP contribution in [0.1, 0.15) is 5.56 Å². The minimum absolute atomic E-state index is 0.0231. The topological polar surface area (TPSA) is 105 Å². The highest BCUT2D eigenvalue weighted by molar-refractivity contribution is 7.89. The van der Waals surface area contributed by atoms with Crippen LogP contribution in [0.15, 0.2) is 23.1 Å². The van der Waals surface area contributed by atoms with E-state index in [1.54, 1.807) is 6.07 Å². The number of sulfonamides is 1. The Hall–Kier alpha value is -1.62. The van der Waals surface area contributed by atoms with Crippen molar-refractivity contribution in [1.82, 2.24) is 4.72 Å². The van der Waals surface area contributed by atoms with Gasteiger partial charge in [-0.1, -0.05) is 0 Å². The van der Waals surface area contributed by atoms with E-state index in [9.17, 15) is 8.42 Å². The third-order valence-corrected chi connectivity index (χ3v) is 3.53. The number of nitrogens with zero attached hydrogens (tertiary/aromatic N) is 1. The van der Waals surface area contributed by atoms with Crippen LogP contribution in [0.2, 0.25) is 0 Å². The molecular weight excluding hydrogens is 242 g/mol. The van der Waals surface area contributed by atoms with Crippen LogP contribution in [0.3, 0.4) is 0 Å². The molecule has 0 atom stereocenters. The first-order chi connectivity index (χ1) is 8.01. The van der Waals surface area contributed by atoms with E-state index in [0.29, 0.717) is 5.69 Å². The average Bonchev–Trinajstić information content (AvgIpc) is 2.28. The van der Waals surface area contributed by atoms with E-state index < -0.39 is 10.0 Å². The number of nitrogens with one attached hydrogen (secondary N) is 1. The standard InChI is InChI=1S/C10H13N3O3S/c1-16-5-4-13-17(14,15)10-3-2-9(12)6-8(10)7-11/h2-3,6,13H,4-5,12H2,1H3. The highest BCUT2D eigenvalue weighted by Crippen LogP contribution is 2.17. The van der Waals surface area contributed by atoms with Crippen molar-refractivity contribution in [2.45, 2.75) is 4.90 Å². The maximum Gasteiger partial charge on any atom is 0.241 e. The van der Waals surface area contributed by atoms with Gasteiger partial charge in [-0.25, -0.2) is 13.1 Å². The van der Waals surface area contributed by atoms with Crippen molar-refractivity contribution in [2.24, 2.45) is 0 Å². The molecule has 0 aliphatic carbocycles. The van der Waals surface area contributed by atoms with Crippen molar-refractivity contribution in [3.63, 3.8) is 0 Å². The molecule has 0 aliphatic heterocycles. The lowest BCUT2D eigenvalue weighted by molar-refractivity contribution is 0.204. The average molecular weight is 255 g/mol. The number of methoxy groups -OCH3 is 1. The molecule has 0 saturated heterocycles. The second-order valence-electron chi connectivity index (χ2n) is 3.26. The van der Waals surface area contributed by atoms with Crippen LogP contribution in [0.5, 0.6) is 0 Å². The molecule has 0 bridgehead atoms. The molecule has 0 fully saturated rings. The Bertz CT molecular complexity index is 534. The zero-order valence-corrected chi connectivity index (χ0v) is 10.1. The Kier molecular flexibility index (Phi) is 4.45. The zero-order valence-electron chi connectivity index (χ0n) is 9.30. The first kappa shape index (κ1) is 13.4. The lowest BCUT2D eigenvalue weighted by Crippen LogP contribution is -2.27. The van der Waals surface area contributed by atoms with Crippen LogP contribution in [0.25, 0.3) is 0 Å². The number of benzene rings is 1. The summed E-state index contributed by atoms with van der Waals surface area (Å²) in [5, 5.41) is 8.86. The van der Waals surface area contributed by atoms with Gasteiger partial charge in [0.15, 0.2) is 0 Å². The molecule has 92 valence electrons. The Morgan fingerprint density at radius 2 is 2.24 bits per heavy atom. The third kappa shape index (κ3) is 3.42. The van der Waals surface area contributed by atoms with E-state index in [1.165, 1.54) is 25.3 Å². The monoisotopic (exact) mass is 255 g/mol. The Morgan fingerprint density at radius 3 is 2.82 bits per heavy atom. The molecule has 6 nitrogen and oxygen atoms in total. The lowest BCUT2D eigenvalue weighted by atomic mass is 10.2. The minimum Gasteiger partial charge on any atom is -0.399 e. The fourth-order valence-electron chi connectivity index (χ4n) is 1.23. The van der Waals surface area contributed by atoms with Crippen LogP contribution in [-0.4, -0.2) is 28.7 Å². The second-order valence-corrected chi connectivity index (χ2v) is 4.99. The third-order valence-electron chi connectivity index (χ3n) is 2.01. The molecular formula is C10H13N3O3S. The fraction of sp³-hybridized carbons (Fsp3) is 0.300. The molecule has 0 radical (unpaired) electrons. The molecule has 7 heteroatoms. The van der Waals surface area contributed by atoms with Gasteiger partial charge in [0.1, 0.15) is 6.07 Å². The van der Waals surface area contributed by atoms with Gasteiger partial charge in [0.25, 0.3) is 0 Å². The largest absolute Gasteiger partial charge is 0.399 e. The summed E-state index contributed by atoms with van der Waals surface area (Å²) < 4.78 is 30.7. The number of hydrogen-bond donors (Lipinski definition) is 2. The number of ether oxygens (including phenoxy) is 1. The van der Waals surface area contributed by atoms with Crippen molar-refractivity contribution < 1.29 is 13.2 Å². The van der Waals surface area contributed by atoms with Gasteiger partial charge in [-0.2, -0.15) is 5.26 Å². The van der Waals surface area contributed by atoms with Gasteiger partial charge in [-0.3, -0.25) is 0 Å². The zero-order chi connectivity index (χ0) is 12.9. The fourth-order valence-corrected chi connectivity index (χ4v) is 2.37. The summed E-state index contributed by atoms with van der Waals surface area (Å²) in [5.74, 6) is 0. The van der Waals surface area contributed by atoms with Crippen molar-refractivity contribution in [2.75, 3.05) is 26.0 Å². The van der Waals surface area contributed by atoms with Gasteiger partial charge in [-0.05, 0) is 18.2 Å². The van der Waals surface area contributed by atoms with Gasteiger partial charge in [0, 0.05) is 19.3 Å². The first-order valence-electron chi connectivity index (χ1n) is 4.79.